The van der Waals surface area contributed by atoms with E-state index in [1.807, 2.05) is 17.5 Å². The molecule has 1 aromatic rings. The smallest absolute Gasteiger partial charge is 0.368 e. The van der Waals surface area contributed by atoms with Gasteiger partial charge in [-0.1, -0.05) is 6.07 Å². The molecule has 1 amide bonds. The number of alkyl halides is 3. The Morgan fingerprint density at radius 2 is 2.10 bits per heavy atom. The maximum atomic E-state index is 12.7. The van der Waals surface area contributed by atoms with Crippen LogP contribution in [-0.2, 0) is 11.3 Å². The van der Waals surface area contributed by atoms with Crippen LogP contribution in [0.4, 0.5) is 13.2 Å². The average molecular weight is 306 g/mol. The minimum absolute atomic E-state index is 0.0517. The molecule has 3 nitrogen and oxygen atoms in total. The molecule has 1 aliphatic rings. The summed E-state index contributed by atoms with van der Waals surface area (Å²) in [4.78, 5) is 12.7. The zero-order valence-corrected chi connectivity index (χ0v) is 11.7. The highest BCUT2D eigenvalue weighted by Crippen LogP contribution is 2.41. The van der Waals surface area contributed by atoms with E-state index in [-0.39, 0.29) is 25.7 Å². The van der Waals surface area contributed by atoms with E-state index in [0.717, 1.165) is 4.88 Å². The van der Waals surface area contributed by atoms with Crippen molar-refractivity contribution in [2.45, 2.75) is 43.9 Å². The van der Waals surface area contributed by atoms with Crippen molar-refractivity contribution in [3.63, 3.8) is 0 Å². The highest BCUT2D eigenvalue weighted by Gasteiger charge is 2.47. The normalized spacial score (nSPS) is 27.4. The molecule has 0 spiro atoms. The van der Waals surface area contributed by atoms with E-state index in [1.54, 1.807) is 0 Å². The lowest BCUT2D eigenvalue weighted by atomic mass is 9.75. The molecular weight excluding hydrogens is 289 g/mol. The number of primary amides is 1. The van der Waals surface area contributed by atoms with Gasteiger partial charge in [-0.05, 0) is 37.1 Å². The summed E-state index contributed by atoms with van der Waals surface area (Å²) >= 11 is 1.53. The van der Waals surface area contributed by atoms with Crippen molar-refractivity contribution in [3.05, 3.63) is 22.4 Å². The van der Waals surface area contributed by atoms with Crippen LogP contribution in [0.5, 0.6) is 0 Å². The Balaban J connectivity index is 2.00. The maximum Gasteiger partial charge on any atom is 0.391 e. The van der Waals surface area contributed by atoms with Gasteiger partial charge in [0.15, 0.2) is 0 Å². The summed E-state index contributed by atoms with van der Waals surface area (Å²) in [5.41, 5.74) is 4.41. The van der Waals surface area contributed by atoms with Crippen molar-refractivity contribution in [1.29, 1.82) is 0 Å². The van der Waals surface area contributed by atoms with Crippen LogP contribution in [0, 0.1) is 5.92 Å². The number of rotatable bonds is 4. The lowest BCUT2D eigenvalue weighted by Gasteiger charge is -2.39. The minimum Gasteiger partial charge on any atom is -0.368 e. The first kappa shape index (κ1) is 15.3. The van der Waals surface area contributed by atoms with Crippen LogP contribution in [0.1, 0.15) is 30.6 Å². The van der Waals surface area contributed by atoms with Crippen LogP contribution >= 0.6 is 11.3 Å². The van der Waals surface area contributed by atoms with Crippen LogP contribution in [0.3, 0.4) is 0 Å². The van der Waals surface area contributed by atoms with Gasteiger partial charge in [0.05, 0.1) is 11.5 Å². The van der Waals surface area contributed by atoms with Crippen molar-refractivity contribution in [1.82, 2.24) is 5.32 Å². The van der Waals surface area contributed by atoms with Crippen molar-refractivity contribution < 1.29 is 18.0 Å². The van der Waals surface area contributed by atoms with Gasteiger partial charge in [-0.15, -0.1) is 11.3 Å². The molecule has 0 saturated heterocycles. The van der Waals surface area contributed by atoms with Gasteiger partial charge in [0.1, 0.15) is 0 Å². The van der Waals surface area contributed by atoms with Crippen molar-refractivity contribution in [2.75, 3.05) is 0 Å². The molecule has 0 unspecified atom stereocenters. The third-order valence-corrected chi connectivity index (χ3v) is 4.83. The number of hydrogen-bond donors (Lipinski definition) is 2. The molecule has 1 saturated carbocycles. The molecular formula is C13H17F3N2OS. The molecule has 0 radical (unpaired) electrons. The first-order valence-corrected chi connectivity index (χ1v) is 7.35. The average Bonchev–Trinajstić information content (AvgIpc) is 2.88. The fourth-order valence-corrected chi connectivity index (χ4v) is 3.26. The van der Waals surface area contributed by atoms with E-state index >= 15 is 0 Å². The quantitative estimate of drug-likeness (QED) is 0.898. The third-order valence-electron chi connectivity index (χ3n) is 3.95. The molecule has 0 bridgehead atoms. The van der Waals surface area contributed by atoms with Crippen LogP contribution in [0.25, 0.3) is 0 Å². The van der Waals surface area contributed by atoms with Gasteiger partial charge >= 0.3 is 6.18 Å². The van der Waals surface area contributed by atoms with E-state index in [4.69, 9.17) is 5.73 Å². The molecule has 1 aromatic heterocycles. The highest BCUT2D eigenvalue weighted by atomic mass is 32.1. The summed E-state index contributed by atoms with van der Waals surface area (Å²) in [7, 11) is 0. The highest BCUT2D eigenvalue weighted by molar-refractivity contribution is 7.09. The summed E-state index contributed by atoms with van der Waals surface area (Å²) in [6.07, 6.45) is -4.01. The van der Waals surface area contributed by atoms with Crippen LogP contribution < -0.4 is 11.1 Å². The molecule has 112 valence electrons. The predicted octanol–water partition coefficient (Wildman–Crippen LogP) is 2.81. The fourth-order valence-electron chi connectivity index (χ4n) is 2.62. The Hall–Kier alpha value is -1.08. The van der Waals surface area contributed by atoms with E-state index in [1.165, 1.54) is 11.3 Å². The van der Waals surface area contributed by atoms with E-state index in [9.17, 15) is 18.0 Å². The first-order valence-electron chi connectivity index (χ1n) is 6.47. The molecule has 20 heavy (non-hydrogen) atoms. The lowest BCUT2D eigenvalue weighted by molar-refractivity contribution is -0.186. The number of thiophene rings is 1. The monoisotopic (exact) mass is 306 g/mol. The van der Waals surface area contributed by atoms with Crippen LogP contribution in [0.2, 0.25) is 0 Å². The van der Waals surface area contributed by atoms with Crippen LogP contribution in [0.15, 0.2) is 17.5 Å². The Bertz CT molecular complexity index is 451. The molecule has 1 aliphatic carbocycles. The van der Waals surface area contributed by atoms with E-state index in [0.29, 0.717) is 6.54 Å². The fraction of sp³-hybridized carbons (Fsp3) is 0.615. The topological polar surface area (TPSA) is 55.1 Å². The lowest BCUT2D eigenvalue weighted by Crippen LogP contribution is -2.57. The molecule has 0 atom stereocenters. The van der Waals surface area contributed by atoms with E-state index < -0.39 is 23.5 Å². The summed E-state index contributed by atoms with van der Waals surface area (Å²) < 4.78 is 38.0. The number of nitrogens with one attached hydrogen (secondary N) is 1. The number of hydrogen-bond acceptors (Lipinski definition) is 3. The molecule has 0 aliphatic heterocycles. The Morgan fingerprint density at radius 3 is 2.55 bits per heavy atom. The number of carbonyl (C=O) groups excluding carboxylic acids is 1. The number of nitrogens with two attached hydrogens (primary N) is 1. The third kappa shape index (κ3) is 3.32. The summed E-state index contributed by atoms with van der Waals surface area (Å²) in [6, 6.07) is 3.80. The second-order valence-electron chi connectivity index (χ2n) is 5.20. The summed E-state index contributed by atoms with van der Waals surface area (Å²) in [6.45, 7) is 0.456. The molecule has 0 aromatic carbocycles. The zero-order valence-electron chi connectivity index (χ0n) is 10.9. The van der Waals surface area contributed by atoms with Gasteiger partial charge in [-0.3, -0.25) is 10.1 Å². The largest absolute Gasteiger partial charge is 0.391 e. The second-order valence-corrected chi connectivity index (χ2v) is 6.23. The Kier molecular flexibility index (Phi) is 4.39. The summed E-state index contributed by atoms with van der Waals surface area (Å²) in [5, 5.41) is 4.99. The molecule has 3 N–H and O–H groups in total. The van der Waals surface area contributed by atoms with Gasteiger partial charge < -0.3 is 5.73 Å². The van der Waals surface area contributed by atoms with Gasteiger partial charge in [-0.2, -0.15) is 13.2 Å². The number of carbonyl (C=O) groups is 1. The first-order chi connectivity index (χ1) is 9.33. The number of amides is 1. The second kappa shape index (κ2) is 5.73. The maximum absolute atomic E-state index is 12.7. The van der Waals surface area contributed by atoms with Crippen LogP contribution in [-0.4, -0.2) is 17.6 Å². The molecule has 2 rings (SSSR count). The molecule has 1 fully saturated rings. The number of halogens is 3. The van der Waals surface area contributed by atoms with Gasteiger partial charge in [0.25, 0.3) is 0 Å². The van der Waals surface area contributed by atoms with E-state index in [2.05, 4.69) is 5.32 Å². The summed E-state index contributed by atoms with van der Waals surface area (Å²) in [5.74, 6) is -1.88. The molecule has 1 heterocycles. The SMILES string of the molecule is NC(=O)C1(NCc2cccs2)CCC(C(F)(F)F)CC1. The Labute approximate surface area is 119 Å². The standard InChI is InChI=1S/C13H17F3N2OS/c14-13(15,16)9-3-5-12(6-4-9,11(17)19)18-8-10-2-1-7-20-10/h1-2,7,9,18H,3-6,8H2,(H2,17,19). The van der Waals surface area contributed by atoms with Gasteiger partial charge in [-0.25, -0.2) is 0 Å². The van der Waals surface area contributed by atoms with Gasteiger partial charge in [0, 0.05) is 11.4 Å². The van der Waals surface area contributed by atoms with Crippen molar-refractivity contribution in [2.24, 2.45) is 11.7 Å². The molecule has 7 heteroatoms. The predicted molar refractivity (Wildman–Crippen MR) is 71.1 cm³/mol. The van der Waals surface area contributed by atoms with Crippen molar-refractivity contribution in [3.8, 4) is 0 Å². The van der Waals surface area contributed by atoms with Gasteiger partial charge in [0.2, 0.25) is 5.91 Å². The zero-order chi connectivity index (χ0) is 14.8. The van der Waals surface area contributed by atoms with Crippen molar-refractivity contribution >= 4 is 17.2 Å². The Morgan fingerprint density at radius 1 is 1.45 bits per heavy atom. The minimum atomic E-state index is -4.18.